The lowest BCUT2D eigenvalue weighted by Gasteiger charge is -2.64. The SMILES string of the molecule is CC1(C)CCC[C@@]2(C)[C@@H]1CC[C@]13C[C@H](CC[C@H]12)[C@@H](C(=O)O)C3. The van der Waals surface area contributed by atoms with Crippen LogP contribution in [0.15, 0.2) is 0 Å². The number of hydrogen-bond acceptors (Lipinski definition) is 1. The topological polar surface area (TPSA) is 37.3 Å². The number of carboxylic acids is 1. The molecule has 0 unspecified atom stereocenters. The fourth-order valence-corrected chi connectivity index (χ4v) is 8.06. The molecule has 2 bridgehead atoms. The molecule has 0 saturated heterocycles. The second-order valence-corrected chi connectivity index (χ2v) is 10.0. The maximum Gasteiger partial charge on any atom is 0.306 e. The molecule has 6 atom stereocenters. The van der Waals surface area contributed by atoms with Gasteiger partial charge >= 0.3 is 5.97 Å². The second kappa shape index (κ2) is 4.51. The number of rotatable bonds is 1. The van der Waals surface area contributed by atoms with Crippen molar-refractivity contribution in [1.82, 2.24) is 0 Å². The number of carbonyl (C=O) groups is 1. The van der Waals surface area contributed by atoms with E-state index in [0.717, 1.165) is 18.3 Å². The van der Waals surface area contributed by atoms with E-state index in [2.05, 4.69) is 20.8 Å². The molecule has 0 amide bonds. The highest BCUT2D eigenvalue weighted by atomic mass is 16.4. The Morgan fingerprint density at radius 1 is 0.955 bits per heavy atom. The highest BCUT2D eigenvalue weighted by Crippen LogP contribution is 2.72. The summed E-state index contributed by atoms with van der Waals surface area (Å²) in [6.07, 6.45) is 11.5. The van der Waals surface area contributed by atoms with Crippen molar-refractivity contribution in [3.05, 3.63) is 0 Å². The summed E-state index contributed by atoms with van der Waals surface area (Å²) in [6, 6.07) is 0. The Morgan fingerprint density at radius 2 is 1.73 bits per heavy atom. The summed E-state index contributed by atoms with van der Waals surface area (Å²) in [5, 5.41) is 9.63. The van der Waals surface area contributed by atoms with Crippen molar-refractivity contribution in [3.63, 3.8) is 0 Å². The Balaban J connectivity index is 1.70. The molecular formula is C20H32O2. The molecule has 2 heteroatoms. The maximum absolute atomic E-state index is 11.7. The summed E-state index contributed by atoms with van der Waals surface area (Å²) in [5.74, 6) is 1.56. The second-order valence-electron chi connectivity index (χ2n) is 10.0. The summed E-state index contributed by atoms with van der Waals surface area (Å²) in [7, 11) is 0. The Kier molecular flexibility index (Phi) is 3.08. The van der Waals surface area contributed by atoms with Crippen LogP contribution in [0.5, 0.6) is 0 Å². The Labute approximate surface area is 135 Å². The number of hydrogen-bond donors (Lipinski definition) is 1. The van der Waals surface area contributed by atoms with Crippen molar-refractivity contribution in [2.24, 2.45) is 39.9 Å². The molecule has 0 aromatic rings. The fraction of sp³-hybridized carbons (Fsp3) is 0.950. The summed E-state index contributed by atoms with van der Waals surface area (Å²) < 4.78 is 0. The average molecular weight is 304 g/mol. The highest BCUT2D eigenvalue weighted by molar-refractivity contribution is 5.71. The summed E-state index contributed by atoms with van der Waals surface area (Å²) in [6.45, 7) is 7.57. The van der Waals surface area contributed by atoms with Gasteiger partial charge < -0.3 is 5.11 Å². The quantitative estimate of drug-likeness (QED) is 0.730. The number of carboxylic acid groups (broad SMARTS) is 1. The van der Waals surface area contributed by atoms with Crippen LogP contribution >= 0.6 is 0 Å². The molecule has 0 radical (unpaired) electrons. The highest BCUT2D eigenvalue weighted by Gasteiger charge is 2.64. The molecule has 0 heterocycles. The van der Waals surface area contributed by atoms with Crippen molar-refractivity contribution in [2.45, 2.75) is 78.6 Å². The Hall–Kier alpha value is -0.530. The van der Waals surface area contributed by atoms with Gasteiger partial charge in [-0.3, -0.25) is 4.79 Å². The third-order valence-electron chi connectivity index (χ3n) is 8.75. The van der Waals surface area contributed by atoms with Crippen molar-refractivity contribution >= 4 is 5.97 Å². The van der Waals surface area contributed by atoms with Crippen molar-refractivity contribution in [2.75, 3.05) is 0 Å². The molecule has 4 rings (SSSR count). The third-order valence-corrected chi connectivity index (χ3v) is 8.75. The van der Waals surface area contributed by atoms with E-state index >= 15 is 0 Å². The van der Waals surface area contributed by atoms with Crippen molar-refractivity contribution in [1.29, 1.82) is 0 Å². The molecule has 4 aliphatic carbocycles. The molecule has 4 fully saturated rings. The van der Waals surface area contributed by atoms with Gasteiger partial charge in [0, 0.05) is 0 Å². The molecular weight excluding hydrogens is 272 g/mol. The lowest BCUT2D eigenvalue weighted by molar-refractivity contribution is -0.146. The predicted molar refractivity (Wildman–Crippen MR) is 87.5 cm³/mol. The van der Waals surface area contributed by atoms with E-state index in [-0.39, 0.29) is 5.92 Å². The minimum absolute atomic E-state index is 0.0400. The predicted octanol–water partition coefficient (Wildman–Crippen LogP) is 5.12. The molecule has 4 saturated carbocycles. The Morgan fingerprint density at radius 3 is 2.45 bits per heavy atom. The van der Waals surface area contributed by atoms with Gasteiger partial charge in [-0.05, 0) is 85.4 Å². The summed E-state index contributed by atoms with van der Waals surface area (Å²) in [5.41, 5.74) is 1.33. The minimum atomic E-state index is -0.515. The molecule has 4 aliphatic rings. The van der Waals surface area contributed by atoms with Crippen LogP contribution in [0.1, 0.15) is 78.6 Å². The standard InChI is InChI=1S/C20H32O2/c1-18(2)8-4-9-19(3)15(18)7-10-20-11-13(5-6-16(19)20)14(12-20)17(21)22/h13-16H,4-12H2,1-3H3,(H,21,22)/t13-,14-,15+,16-,19-,20+/m0/s1. The normalized spacial score (nSPS) is 52.7. The molecule has 124 valence electrons. The van der Waals surface area contributed by atoms with E-state index in [9.17, 15) is 9.90 Å². The molecule has 2 nitrogen and oxygen atoms in total. The van der Waals surface area contributed by atoms with Crippen LogP contribution in [-0.2, 0) is 4.79 Å². The van der Waals surface area contributed by atoms with E-state index in [1.807, 2.05) is 0 Å². The lowest BCUT2D eigenvalue weighted by atomic mass is 9.41. The monoisotopic (exact) mass is 304 g/mol. The van der Waals surface area contributed by atoms with Crippen LogP contribution < -0.4 is 0 Å². The lowest BCUT2D eigenvalue weighted by Crippen LogP contribution is -2.55. The fourth-order valence-electron chi connectivity index (χ4n) is 8.06. The summed E-state index contributed by atoms with van der Waals surface area (Å²) >= 11 is 0. The first-order valence-electron chi connectivity index (χ1n) is 9.51. The van der Waals surface area contributed by atoms with Gasteiger partial charge in [0.1, 0.15) is 0 Å². The van der Waals surface area contributed by atoms with Crippen LogP contribution in [0.3, 0.4) is 0 Å². The van der Waals surface area contributed by atoms with Crippen LogP contribution in [0.4, 0.5) is 0 Å². The molecule has 0 aromatic heterocycles. The zero-order valence-corrected chi connectivity index (χ0v) is 14.5. The van der Waals surface area contributed by atoms with Gasteiger partial charge in [-0.25, -0.2) is 0 Å². The van der Waals surface area contributed by atoms with Crippen LogP contribution in [0, 0.1) is 39.9 Å². The van der Waals surface area contributed by atoms with Crippen LogP contribution in [-0.4, -0.2) is 11.1 Å². The molecule has 0 aliphatic heterocycles. The van der Waals surface area contributed by atoms with E-state index in [4.69, 9.17) is 0 Å². The first kappa shape index (κ1) is 15.0. The zero-order valence-electron chi connectivity index (χ0n) is 14.5. The van der Waals surface area contributed by atoms with Gasteiger partial charge in [0.15, 0.2) is 0 Å². The van der Waals surface area contributed by atoms with Gasteiger partial charge in [0.2, 0.25) is 0 Å². The smallest absolute Gasteiger partial charge is 0.306 e. The average Bonchev–Trinajstić information content (AvgIpc) is 2.69. The number of fused-ring (bicyclic) bond motifs is 3. The van der Waals surface area contributed by atoms with Crippen LogP contribution in [0.25, 0.3) is 0 Å². The largest absolute Gasteiger partial charge is 0.481 e. The van der Waals surface area contributed by atoms with Gasteiger partial charge in [-0.15, -0.1) is 0 Å². The first-order chi connectivity index (χ1) is 10.3. The van der Waals surface area contributed by atoms with E-state index < -0.39 is 5.97 Å². The minimum Gasteiger partial charge on any atom is -0.481 e. The Bertz CT molecular complexity index is 496. The van der Waals surface area contributed by atoms with Crippen LogP contribution in [0.2, 0.25) is 0 Å². The van der Waals surface area contributed by atoms with Gasteiger partial charge in [-0.2, -0.15) is 0 Å². The molecule has 0 aromatic carbocycles. The van der Waals surface area contributed by atoms with E-state index in [0.29, 0.717) is 22.2 Å². The van der Waals surface area contributed by atoms with Gasteiger partial charge in [0.05, 0.1) is 5.92 Å². The number of aliphatic carboxylic acids is 1. The van der Waals surface area contributed by atoms with Gasteiger partial charge in [0.25, 0.3) is 0 Å². The molecule has 22 heavy (non-hydrogen) atoms. The third kappa shape index (κ3) is 1.82. The zero-order chi connectivity index (χ0) is 15.8. The van der Waals surface area contributed by atoms with Crippen molar-refractivity contribution in [3.8, 4) is 0 Å². The van der Waals surface area contributed by atoms with Gasteiger partial charge in [-0.1, -0.05) is 27.2 Å². The first-order valence-corrected chi connectivity index (χ1v) is 9.51. The van der Waals surface area contributed by atoms with E-state index in [1.165, 1.54) is 51.4 Å². The van der Waals surface area contributed by atoms with E-state index in [1.54, 1.807) is 0 Å². The van der Waals surface area contributed by atoms with Crippen molar-refractivity contribution < 1.29 is 9.90 Å². The summed E-state index contributed by atoms with van der Waals surface area (Å²) in [4.78, 5) is 11.7. The maximum atomic E-state index is 11.7. The molecule has 1 N–H and O–H groups in total. The molecule has 1 spiro atoms.